The van der Waals surface area contributed by atoms with E-state index in [1.165, 1.54) is 10.4 Å². The van der Waals surface area contributed by atoms with Gasteiger partial charge in [-0.25, -0.2) is 17.6 Å². The molecule has 0 spiro atoms. The van der Waals surface area contributed by atoms with Crippen LogP contribution < -0.4 is 0 Å². The number of nitrogens with zero attached hydrogens (tertiary/aromatic N) is 4. The average Bonchev–Trinajstić information content (AvgIpc) is 3.27. The van der Waals surface area contributed by atoms with Crippen molar-refractivity contribution in [1.29, 1.82) is 0 Å². The van der Waals surface area contributed by atoms with Gasteiger partial charge in [0.05, 0.1) is 11.8 Å². The van der Waals surface area contributed by atoms with E-state index < -0.39 is 27.6 Å². The zero-order valence-corrected chi connectivity index (χ0v) is 22.2. The van der Waals surface area contributed by atoms with Crippen LogP contribution in [0, 0.1) is 11.7 Å². The van der Waals surface area contributed by atoms with Crippen LogP contribution in [0.2, 0.25) is 0 Å². The highest BCUT2D eigenvalue weighted by molar-refractivity contribution is 7.88. The molecule has 12 heteroatoms. The number of urea groups is 1. The maximum Gasteiger partial charge on any atom is 0.419 e. The molecule has 38 heavy (non-hydrogen) atoms. The number of benzene rings is 2. The zero-order chi connectivity index (χ0) is 27.7. The topological polar surface area (TPSA) is 64.2 Å². The number of rotatable bonds is 6. The molecule has 0 radical (unpaired) electrons. The van der Waals surface area contributed by atoms with Crippen molar-refractivity contribution in [3.8, 4) is 0 Å². The molecule has 0 N–H and O–H groups in total. The van der Waals surface area contributed by atoms with E-state index >= 15 is 0 Å². The number of alkyl halides is 3. The minimum atomic E-state index is -4.77. The Balaban J connectivity index is 1.45. The summed E-state index contributed by atoms with van der Waals surface area (Å²) in [6, 6.07) is 12.7. The third-order valence-electron chi connectivity index (χ3n) is 7.25. The molecule has 2 saturated heterocycles. The number of carbonyl (C=O) groups is 1. The first-order valence-corrected chi connectivity index (χ1v) is 14.3. The second-order valence-electron chi connectivity index (χ2n) is 10.1. The standard InChI is InChI=1S/C26H32F4N4O3S/c1-31(15-19-8-9-24(27)23(14-19)26(28,29)30)16-21-17-33(18-22(21)20-6-4-3-5-7-20)25(35)32-10-12-34(13-11-32)38(2,36)37/h3-9,14,21-22H,10-13,15-18H2,1-2H3/t21?,22-/m1/s1. The second kappa shape index (κ2) is 11.2. The summed E-state index contributed by atoms with van der Waals surface area (Å²) in [6.45, 7) is 2.81. The molecule has 2 atom stereocenters. The highest BCUT2D eigenvalue weighted by atomic mass is 32.2. The van der Waals surface area contributed by atoms with E-state index in [0.29, 0.717) is 38.3 Å². The van der Waals surface area contributed by atoms with Gasteiger partial charge in [-0.05, 0) is 36.2 Å². The Morgan fingerprint density at radius 1 is 1.00 bits per heavy atom. The molecule has 2 amide bonds. The maximum absolute atomic E-state index is 13.7. The zero-order valence-electron chi connectivity index (χ0n) is 21.4. The molecule has 2 aromatic rings. The molecule has 1 unspecified atom stereocenters. The van der Waals surface area contributed by atoms with Crippen molar-refractivity contribution in [2.45, 2.75) is 18.6 Å². The van der Waals surface area contributed by atoms with E-state index in [4.69, 9.17) is 0 Å². The molecule has 0 aromatic heterocycles. The van der Waals surface area contributed by atoms with E-state index in [9.17, 15) is 30.8 Å². The van der Waals surface area contributed by atoms with E-state index in [1.54, 1.807) is 16.8 Å². The van der Waals surface area contributed by atoms with Crippen molar-refractivity contribution in [2.75, 3.05) is 59.1 Å². The molecule has 0 aliphatic carbocycles. The molecule has 2 fully saturated rings. The molecule has 4 rings (SSSR count). The van der Waals surface area contributed by atoms with Crippen LogP contribution in [0.3, 0.4) is 0 Å². The van der Waals surface area contributed by atoms with Crippen LogP contribution in [-0.2, 0) is 22.7 Å². The maximum atomic E-state index is 13.7. The molecule has 208 valence electrons. The third-order valence-corrected chi connectivity index (χ3v) is 8.56. The predicted molar refractivity (Wildman–Crippen MR) is 135 cm³/mol. The minimum absolute atomic E-state index is 0.0196. The number of hydrogen-bond acceptors (Lipinski definition) is 4. The SMILES string of the molecule is CN(Cc1ccc(F)c(C(F)(F)F)c1)CC1CN(C(=O)N2CCN(S(C)(=O)=O)CC2)C[C@@H]1c1ccccc1. The molecular formula is C26H32F4N4O3S. The molecule has 0 saturated carbocycles. The Morgan fingerprint density at radius 2 is 1.66 bits per heavy atom. The molecule has 2 aliphatic heterocycles. The van der Waals surface area contributed by atoms with Gasteiger partial charge in [0.2, 0.25) is 10.0 Å². The van der Waals surface area contributed by atoms with Gasteiger partial charge in [0.1, 0.15) is 5.82 Å². The first kappa shape index (κ1) is 28.3. The van der Waals surface area contributed by atoms with Crippen LogP contribution in [0.25, 0.3) is 0 Å². The van der Waals surface area contributed by atoms with Crippen molar-refractivity contribution in [3.63, 3.8) is 0 Å². The Bertz CT molecular complexity index is 1230. The van der Waals surface area contributed by atoms with E-state index in [2.05, 4.69) is 0 Å². The molecular weight excluding hydrogens is 524 g/mol. The minimum Gasteiger partial charge on any atom is -0.324 e. The van der Waals surface area contributed by atoms with Crippen molar-refractivity contribution in [1.82, 2.24) is 19.0 Å². The van der Waals surface area contributed by atoms with Crippen LogP contribution >= 0.6 is 0 Å². The van der Waals surface area contributed by atoms with Crippen LogP contribution in [0.1, 0.15) is 22.6 Å². The van der Waals surface area contributed by atoms with Gasteiger partial charge in [0.15, 0.2) is 0 Å². The Hall–Kier alpha value is -2.70. The number of sulfonamides is 1. The second-order valence-corrected chi connectivity index (χ2v) is 12.1. The number of amides is 2. The van der Waals surface area contributed by atoms with E-state index in [1.807, 2.05) is 35.2 Å². The van der Waals surface area contributed by atoms with Crippen molar-refractivity contribution in [3.05, 3.63) is 71.0 Å². The van der Waals surface area contributed by atoms with E-state index in [-0.39, 0.29) is 37.5 Å². The van der Waals surface area contributed by atoms with Crippen molar-refractivity contribution in [2.24, 2.45) is 5.92 Å². The lowest BCUT2D eigenvalue weighted by Gasteiger charge is -2.35. The predicted octanol–water partition coefficient (Wildman–Crippen LogP) is 3.69. The summed E-state index contributed by atoms with van der Waals surface area (Å²) in [5, 5.41) is 0. The highest BCUT2D eigenvalue weighted by Gasteiger charge is 2.39. The molecule has 7 nitrogen and oxygen atoms in total. The fourth-order valence-electron chi connectivity index (χ4n) is 5.37. The largest absolute Gasteiger partial charge is 0.419 e. The summed E-state index contributed by atoms with van der Waals surface area (Å²) >= 11 is 0. The van der Waals surface area contributed by atoms with Crippen molar-refractivity contribution < 1.29 is 30.8 Å². The highest BCUT2D eigenvalue weighted by Crippen LogP contribution is 2.35. The molecule has 2 aliphatic rings. The number of likely N-dealkylation sites (tertiary alicyclic amines) is 1. The number of hydrogen-bond donors (Lipinski definition) is 0. The van der Waals surface area contributed by atoms with Gasteiger partial charge in [-0.3, -0.25) is 0 Å². The summed E-state index contributed by atoms with van der Waals surface area (Å²) in [4.78, 5) is 18.7. The summed E-state index contributed by atoms with van der Waals surface area (Å²) in [7, 11) is -1.51. The lowest BCUT2D eigenvalue weighted by Crippen LogP contribution is -2.53. The van der Waals surface area contributed by atoms with Crippen LogP contribution in [-0.4, -0.2) is 92.6 Å². The van der Waals surface area contributed by atoms with Gasteiger partial charge in [-0.15, -0.1) is 0 Å². The van der Waals surface area contributed by atoms with Crippen molar-refractivity contribution >= 4 is 16.1 Å². The van der Waals surface area contributed by atoms with Gasteiger partial charge in [-0.2, -0.15) is 17.5 Å². The van der Waals surface area contributed by atoms with Gasteiger partial charge in [0, 0.05) is 58.3 Å². The van der Waals surface area contributed by atoms with Crippen LogP contribution in [0.5, 0.6) is 0 Å². The summed E-state index contributed by atoms with van der Waals surface area (Å²) in [5.74, 6) is -1.25. The fraction of sp³-hybridized carbons (Fsp3) is 0.500. The lowest BCUT2D eigenvalue weighted by atomic mass is 9.88. The Labute approximate surface area is 220 Å². The Kier molecular flexibility index (Phi) is 8.34. The van der Waals surface area contributed by atoms with Crippen LogP contribution in [0.15, 0.2) is 48.5 Å². The molecule has 2 aromatic carbocycles. The summed E-state index contributed by atoms with van der Waals surface area (Å²) < 4.78 is 78.2. The summed E-state index contributed by atoms with van der Waals surface area (Å²) in [5.41, 5.74) is 0.149. The Morgan fingerprint density at radius 3 is 2.26 bits per heavy atom. The normalized spacial score (nSPS) is 21.3. The fourth-order valence-corrected chi connectivity index (χ4v) is 6.19. The lowest BCUT2D eigenvalue weighted by molar-refractivity contribution is -0.140. The smallest absolute Gasteiger partial charge is 0.324 e. The van der Waals surface area contributed by atoms with Gasteiger partial charge >= 0.3 is 12.2 Å². The van der Waals surface area contributed by atoms with E-state index in [0.717, 1.165) is 24.0 Å². The van der Waals surface area contributed by atoms with Gasteiger partial charge < -0.3 is 14.7 Å². The third kappa shape index (κ3) is 6.65. The molecule has 0 bridgehead atoms. The first-order valence-electron chi connectivity index (χ1n) is 12.4. The number of halogens is 4. The molecule has 2 heterocycles. The number of carbonyl (C=O) groups excluding carboxylic acids is 1. The first-order chi connectivity index (χ1) is 17.8. The van der Waals surface area contributed by atoms with Crippen LogP contribution in [0.4, 0.5) is 22.4 Å². The summed E-state index contributed by atoms with van der Waals surface area (Å²) in [6.07, 6.45) is -3.61. The number of piperazine rings is 1. The van der Waals surface area contributed by atoms with Gasteiger partial charge in [-0.1, -0.05) is 36.4 Å². The monoisotopic (exact) mass is 556 g/mol. The average molecular weight is 557 g/mol. The van der Waals surface area contributed by atoms with Gasteiger partial charge in [0.25, 0.3) is 0 Å². The quantitative estimate of drug-likeness (QED) is 0.510.